The summed E-state index contributed by atoms with van der Waals surface area (Å²) < 4.78 is 16.3. The molecule has 1 heterocycles. The van der Waals surface area contributed by atoms with E-state index in [1.54, 1.807) is 20.1 Å². The number of hydrogen-bond donors (Lipinski definition) is 1. The van der Waals surface area contributed by atoms with E-state index >= 15 is 0 Å². The van der Waals surface area contributed by atoms with Gasteiger partial charge in [0, 0.05) is 0 Å². The van der Waals surface area contributed by atoms with Gasteiger partial charge in [-0.3, -0.25) is 4.79 Å². The number of aryl methyl sites for hydroxylation is 3. The Morgan fingerprint density at radius 1 is 1.11 bits per heavy atom. The molecule has 0 radical (unpaired) electrons. The van der Waals surface area contributed by atoms with Crippen LogP contribution in [0.4, 0.5) is 5.69 Å². The number of anilines is 1. The predicted molar refractivity (Wildman–Crippen MR) is 102 cm³/mol. The molecule has 0 unspecified atom stereocenters. The molecule has 6 heteroatoms. The summed E-state index contributed by atoms with van der Waals surface area (Å²) in [6.45, 7) is 5.88. The van der Waals surface area contributed by atoms with Crippen molar-refractivity contribution in [2.45, 2.75) is 27.4 Å². The van der Waals surface area contributed by atoms with Crippen LogP contribution in [0.5, 0.6) is 11.5 Å². The molecule has 0 saturated heterocycles. The van der Waals surface area contributed by atoms with Crippen LogP contribution in [-0.4, -0.2) is 18.2 Å². The zero-order valence-electron chi connectivity index (χ0n) is 15.8. The van der Waals surface area contributed by atoms with Crippen LogP contribution in [0.3, 0.4) is 0 Å². The average Bonchev–Trinajstić information content (AvgIpc) is 3.01. The Morgan fingerprint density at radius 2 is 1.89 bits per heavy atom. The minimum atomic E-state index is -0.376. The molecular formula is C21H22N2O4. The standard InChI is InChI=1S/C21H22N2O4/c1-13-6-5-7-16(10-13)26-12-17-15(3)27-23-20(17)21(24)22-18-11-14(2)8-9-19(18)25-4/h5-11H,12H2,1-4H3,(H,22,24). The fourth-order valence-corrected chi connectivity index (χ4v) is 2.70. The van der Waals surface area contributed by atoms with Gasteiger partial charge in [0.1, 0.15) is 23.9 Å². The molecule has 0 saturated carbocycles. The molecule has 0 aliphatic heterocycles. The largest absolute Gasteiger partial charge is 0.495 e. The van der Waals surface area contributed by atoms with Crippen LogP contribution < -0.4 is 14.8 Å². The molecule has 0 aliphatic carbocycles. The molecule has 1 amide bonds. The van der Waals surface area contributed by atoms with Gasteiger partial charge in [-0.15, -0.1) is 0 Å². The second-order valence-electron chi connectivity index (χ2n) is 6.33. The van der Waals surface area contributed by atoms with Gasteiger partial charge < -0.3 is 19.3 Å². The lowest BCUT2D eigenvalue weighted by Gasteiger charge is -2.11. The number of nitrogens with one attached hydrogen (secondary N) is 1. The summed E-state index contributed by atoms with van der Waals surface area (Å²) in [7, 11) is 1.56. The molecule has 0 atom stereocenters. The van der Waals surface area contributed by atoms with Crippen molar-refractivity contribution in [3.05, 3.63) is 70.6 Å². The maximum Gasteiger partial charge on any atom is 0.278 e. The lowest BCUT2D eigenvalue weighted by Crippen LogP contribution is -2.16. The van der Waals surface area contributed by atoms with E-state index in [2.05, 4.69) is 10.5 Å². The van der Waals surface area contributed by atoms with Crippen LogP contribution in [0.1, 0.15) is 32.9 Å². The molecule has 27 heavy (non-hydrogen) atoms. The summed E-state index contributed by atoms with van der Waals surface area (Å²) in [6.07, 6.45) is 0. The molecule has 0 spiro atoms. The monoisotopic (exact) mass is 366 g/mol. The lowest BCUT2D eigenvalue weighted by molar-refractivity contribution is 0.101. The van der Waals surface area contributed by atoms with E-state index in [-0.39, 0.29) is 18.2 Å². The number of rotatable bonds is 6. The first-order valence-corrected chi connectivity index (χ1v) is 8.58. The zero-order chi connectivity index (χ0) is 19.4. The summed E-state index contributed by atoms with van der Waals surface area (Å²) >= 11 is 0. The fraction of sp³-hybridized carbons (Fsp3) is 0.238. The number of aromatic nitrogens is 1. The Morgan fingerprint density at radius 3 is 2.63 bits per heavy atom. The van der Waals surface area contributed by atoms with Crippen molar-refractivity contribution in [3.63, 3.8) is 0 Å². The van der Waals surface area contributed by atoms with Gasteiger partial charge >= 0.3 is 0 Å². The smallest absolute Gasteiger partial charge is 0.278 e. The van der Waals surface area contributed by atoms with Crippen molar-refractivity contribution in [1.82, 2.24) is 5.16 Å². The molecule has 2 aromatic carbocycles. The van der Waals surface area contributed by atoms with Crippen LogP contribution >= 0.6 is 0 Å². The lowest BCUT2D eigenvalue weighted by atomic mass is 10.1. The third-order valence-electron chi connectivity index (χ3n) is 4.18. The fourth-order valence-electron chi connectivity index (χ4n) is 2.70. The summed E-state index contributed by atoms with van der Waals surface area (Å²) in [5, 5.41) is 6.75. The van der Waals surface area contributed by atoms with E-state index in [1.807, 2.05) is 50.2 Å². The number of ether oxygens (including phenoxy) is 2. The van der Waals surface area contributed by atoms with Gasteiger partial charge in [0.15, 0.2) is 5.69 Å². The SMILES string of the molecule is COc1ccc(C)cc1NC(=O)c1noc(C)c1COc1cccc(C)c1. The van der Waals surface area contributed by atoms with Crippen molar-refractivity contribution < 1.29 is 18.8 Å². The first-order chi connectivity index (χ1) is 13.0. The second kappa shape index (κ2) is 7.95. The van der Waals surface area contributed by atoms with Gasteiger partial charge in [-0.25, -0.2) is 0 Å². The van der Waals surface area contributed by atoms with E-state index < -0.39 is 0 Å². The van der Waals surface area contributed by atoms with Gasteiger partial charge in [-0.05, 0) is 56.2 Å². The van der Waals surface area contributed by atoms with Crippen molar-refractivity contribution >= 4 is 11.6 Å². The van der Waals surface area contributed by atoms with Crippen LogP contribution in [0.2, 0.25) is 0 Å². The molecule has 0 bridgehead atoms. The van der Waals surface area contributed by atoms with E-state index in [1.165, 1.54) is 0 Å². The topological polar surface area (TPSA) is 73.6 Å². The average molecular weight is 366 g/mol. The highest BCUT2D eigenvalue weighted by Crippen LogP contribution is 2.26. The van der Waals surface area contributed by atoms with Crippen LogP contribution in [0, 0.1) is 20.8 Å². The minimum absolute atomic E-state index is 0.187. The number of hydrogen-bond acceptors (Lipinski definition) is 5. The normalized spacial score (nSPS) is 10.5. The van der Waals surface area contributed by atoms with Crippen molar-refractivity contribution in [1.29, 1.82) is 0 Å². The van der Waals surface area contributed by atoms with Gasteiger partial charge in [0.25, 0.3) is 5.91 Å². The number of amides is 1. The van der Waals surface area contributed by atoms with E-state index in [0.717, 1.165) is 16.9 Å². The predicted octanol–water partition coefficient (Wildman–Crippen LogP) is 4.44. The molecule has 1 aromatic heterocycles. The molecular weight excluding hydrogens is 344 g/mol. The first-order valence-electron chi connectivity index (χ1n) is 8.58. The quantitative estimate of drug-likeness (QED) is 0.698. The summed E-state index contributed by atoms with van der Waals surface area (Å²) in [5.74, 6) is 1.47. The number of carbonyl (C=O) groups is 1. The summed E-state index contributed by atoms with van der Waals surface area (Å²) in [5.41, 5.74) is 3.49. The Balaban J connectivity index is 1.79. The molecule has 3 aromatic rings. The molecule has 1 N–H and O–H groups in total. The van der Waals surface area contributed by atoms with Gasteiger partial charge in [0.2, 0.25) is 0 Å². The van der Waals surface area contributed by atoms with E-state index in [0.29, 0.717) is 22.8 Å². The van der Waals surface area contributed by atoms with Crippen LogP contribution in [-0.2, 0) is 6.61 Å². The minimum Gasteiger partial charge on any atom is -0.495 e. The van der Waals surface area contributed by atoms with Crippen molar-refractivity contribution in [2.24, 2.45) is 0 Å². The number of benzene rings is 2. The van der Waals surface area contributed by atoms with E-state index in [4.69, 9.17) is 14.0 Å². The van der Waals surface area contributed by atoms with Crippen molar-refractivity contribution in [2.75, 3.05) is 12.4 Å². The Bertz CT molecular complexity index is 963. The number of carbonyl (C=O) groups excluding carboxylic acids is 1. The zero-order valence-corrected chi connectivity index (χ0v) is 15.8. The van der Waals surface area contributed by atoms with Gasteiger partial charge in [-0.2, -0.15) is 0 Å². The molecule has 6 nitrogen and oxygen atoms in total. The summed E-state index contributed by atoms with van der Waals surface area (Å²) in [4.78, 5) is 12.7. The third-order valence-corrected chi connectivity index (χ3v) is 4.18. The number of nitrogens with zero attached hydrogens (tertiary/aromatic N) is 1. The van der Waals surface area contributed by atoms with Gasteiger partial charge in [0.05, 0.1) is 18.4 Å². The molecule has 0 aliphatic rings. The molecule has 3 rings (SSSR count). The Hall–Kier alpha value is -3.28. The maximum absolute atomic E-state index is 12.7. The Labute approximate surface area is 158 Å². The number of methoxy groups -OCH3 is 1. The highest BCUT2D eigenvalue weighted by atomic mass is 16.5. The van der Waals surface area contributed by atoms with Crippen molar-refractivity contribution in [3.8, 4) is 11.5 Å². The Kier molecular flexibility index (Phi) is 5.45. The third kappa shape index (κ3) is 4.28. The van der Waals surface area contributed by atoms with Crippen LogP contribution in [0.15, 0.2) is 47.0 Å². The molecule has 0 fully saturated rings. The highest BCUT2D eigenvalue weighted by Gasteiger charge is 2.21. The van der Waals surface area contributed by atoms with Gasteiger partial charge in [-0.1, -0.05) is 23.4 Å². The van der Waals surface area contributed by atoms with Crippen LogP contribution in [0.25, 0.3) is 0 Å². The molecule has 140 valence electrons. The second-order valence-corrected chi connectivity index (χ2v) is 6.33. The summed E-state index contributed by atoms with van der Waals surface area (Å²) in [6, 6.07) is 13.3. The highest BCUT2D eigenvalue weighted by molar-refractivity contribution is 6.04. The maximum atomic E-state index is 12.7. The first kappa shape index (κ1) is 18.5. The van der Waals surface area contributed by atoms with E-state index in [9.17, 15) is 4.79 Å².